The number of hydrazine groups is 1. The molecule has 0 heterocycles. The summed E-state index contributed by atoms with van der Waals surface area (Å²) in [6, 6.07) is 12.7. The van der Waals surface area contributed by atoms with E-state index in [1.165, 1.54) is 5.56 Å². The van der Waals surface area contributed by atoms with Gasteiger partial charge in [0.25, 0.3) is 11.8 Å². The van der Waals surface area contributed by atoms with Gasteiger partial charge in [0.2, 0.25) is 0 Å². The molecule has 0 aliphatic rings. The highest BCUT2D eigenvalue weighted by atomic mass is 79.9. The molecule has 0 saturated heterocycles. The lowest BCUT2D eigenvalue weighted by Crippen LogP contribution is -2.49. The van der Waals surface area contributed by atoms with Crippen molar-refractivity contribution in [1.82, 2.24) is 16.2 Å². The third kappa shape index (κ3) is 8.55. The highest BCUT2D eigenvalue weighted by molar-refractivity contribution is 9.10. The molecule has 2 rings (SSSR count). The van der Waals surface area contributed by atoms with Gasteiger partial charge in [-0.2, -0.15) is 0 Å². The van der Waals surface area contributed by atoms with Crippen LogP contribution in [0.25, 0.3) is 0 Å². The third-order valence-corrected chi connectivity index (χ3v) is 4.88. The number of carbonyl (C=O) groups excluding carboxylic acids is 2. The lowest BCUT2D eigenvalue weighted by molar-refractivity contribution is -0.123. The van der Waals surface area contributed by atoms with Crippen LogP contribution in [0.3, 0.4) is 0 Å². The quantitative estimate of drug-likeness (QED) is 0.271. The lowest BCUT2D eigenvalue weighted by Gasteiger charge is -2.14. The van der Waals surface area contributed by atoms with Gasteiger partial charge in [0.05, 0.1) is 12.2 Å². The van der Waals surface area contributed by atoms with Gasteiger partial charge in [-0.15, -0.1) is 0 Å². The zero-order chi connectivity index (χ0) is 22.6. The largest absolute Gasteiger partial charge is 0.493 e. The number of aryl methyl sites for hydroxylation is 1. The van der Waals surface area contributed by atoms with Gasteiger partial charge in [-0.05, 0) is 61.0 Å². The van der Waals surface area contributed by atoms with E-state index in [2.05, 4.69) is 45.9 Å². The smallest absolute Gasteiger partial charge is 0.276 e. The van der Waals surface area contributed by atoms with Gasteiger partial charge in [-0.1, -0.05) is 48.3 Å². The summed E-state index contributed by atoms with van der Waals surface area (Å²) in [6.45, 7) is 4.44. The summed E-state index contributed by atoms with van der Waals surface area (Å²) in [5.41, 5.74) is 6.40. The number of amides is 2. The number of unbranched alkanes of at least 4 members (excludes halogenated alkanes) is 1. The number of hydrogen-bond donors (Lipinski definition) is 3. The third-order valence-electron chi connectivity index (χ3n) is 4.19. The van der Waals surface area contributed by atoms with Crippen LogP contribution in [-0.2, 0) is 11.2 Å². The van der Waals surface area contributed by atoms with Crippen LogP contribution in [0.2, 0.25) is 0 Å². The fraction of sp³-hybridized carbons (Fsp3) is 0.318. The summed E-state index contributed by atoms with van der Waals surface area (Å²) in [4.78, 5) is 24.5. The Kier molecular flexibility index (Phi) is 10.3. The maximum Gasteiger partial charge on any atom is 0.276 e. The molecular weight excluding hydrogens is 482 g/mol. The summed E-state index contributed by atoms with van der Waals surface area (Å²) in [7, 11) is 0. The van der Waals surface area contributed by atoms with Crippen LogP contribution in [-0.4, -0.2) is 30.1 Å². The highest BCUT2D eigenvalue weighted by Gasteiger charge is 2.15. The normalized spacial score (nSPS) is 10.2. The van der Waals surface area contributed by atoms with E-state index in [9.17, 15) is 9.59 Å². The Morgan fingerprint density at radius 2 is 1.77 bits per heavy atom. The van der Waals surface area contributed by atoms with E-state index in [0.29, 0.717) is 23.7 Å². The van der Waals surface area contributed by atoms with Crippen molar-refractivity contribution in [1.29, 1.82) is 0 Å². The molecule has 2 aromatic carbocycles. The van der Waals surface area contributed by atoms with Gasteiger partial charge in [0.1, 0.15) is 11.5 Å². The zero-order valence-electron chi connectivity index (χ0n) is 17.5. The predicted octanol–water partition coefficient (Wildman–Crippen LogP) is 3.90. The van der Waals surface area contributed by atoms with Gasteiger partial charge in [-0.3, -0.25) is 25.8 Å². The van der Waals surface area contributed by atoms with Crippen LogP contribution < -0.4 is 25.6 Å². The van der Waals surface area contributed by atoms with Crippen molar-refractivity contribution in [2.75, 3.05) is 13.2 Å². The summed E-state index contributed by atoms with van der Waals surface area (Å²) in [5, 5.41) is 2.47. The van der Waals surface area contributed by atoms with Gasteiger partial charge in [0, 0.05) is 4.47 Å². The minimum absolute atomic E-state index is 0.0508. The van der Waals surface area contributed by atoms with Gasteiger partial charge < -0.3 is 9.47 Å². The molecule has 0 atom stereocenters. The van der Waals surface area contributed by atoms with Crippen molar-refractivity contribution in [2.24, 2.45) is 0 Å². The fourth-order valence-corrected chi connectivity index (χ4v) is 2.97. The first kappa shape index (κ1) is 24.6. The van der Waals surface area contributed by atoms with E-state index in [1.54, 1.807) is 18.2 Å². The number of halogens is 1. The first-order valence-electron chi connectivity index (χ1n) is 9.97. The number of nitrogens with one attached hydrogen (secondary N) is 3. The molecule has 0 saturated carbocycles. The van der Waals surface area contributed by atoms with E-state index >= 15 is 0 Å². The molecule has 0 aliphatic carbocycles. The first-order valence-corrected chi connectivity index (χ1v) is 11.2. The summed E-state index contributed by atoms with van der Waals surface area (Å²) in [5.74, 6) is 0.158. The zero-order valence-corrected chi connectivity index (χ0v) is 19.9. The maximum atomic E-state index is 12.6. The van der Waals surface area contributed by atoms with E-state index in [0.717, 1.165) is 23.7 Å². The molecule has 0 bridgehead atoms. The van der Waals surface area contributed by atoms with Crippen LogP contribution in [0, 0.1) is 0 Å². The molecule has 0 spiro atoms. The van der Waals surface area contributed by atoms with Crippen LogP contribution in [0.15, 0.2) is 46.9 Å². The molecule has 31 heavy (non-hydrogen) atoms. The summed E-state index contributed by atoms with van der Waals surface area (Å²) < 4.78 is 11.8. The Morgan fingerprint density at radius 1 is 1.03 bits per heavy atom. The SMILES string of the molecule is CCCCOc1ccc(Br)cc1C(=O)NC(=S)NNC(=O)COc1ccc(CC)cc1. The average Bonchev–Trinajstić information content (AvgIpc) is 2.77. The molecule has 2 amide bonds. The predicted molar refractivity (Wildman–Crippen MR) is 127 cm³/mol. The van der Waals surface area contributed by atoms with Crippen molar-refractivity contribution in [2.45, 2.75) is 33.1 Å². The Labute approximate surface area is 196 Å². The van der Waals surface area contributed by atoms with Crippen LogP contribution >= 0.6 is 28.1 Å². The van der Waals surface area contributed by atoms with Crippen molar-refractivity contribution in [3.05, 3.63) is 58.1 Å². The minimum Gasteiger partial charge on any atom is -0.493 e. The molecule has 0 aromatic heterocycles. The van der Waals surface area contributed by atoms with Crippen LogP contribution in [0.1, 0.15) is 42.6 Å². The summed E-state index contributed by atoms with van der Waals surface area (Å²) in [6.07, 6.45) is 2.80. The second-order valence-electron chi connectivity index (χ2n) is 6.59. The Hall–Kier alpha value is -2.65. The molecule has 0 unspecified atom stereocenters. The number of ether oxygens (including phenoxy) is 2. The first-order chi connectivity index (χ1) is 14.9. The van der Waals surface area contributed by atoms with Gasteiger partial charge in [-0.25, -0.2) is 0 Å². The molecule has 7 nitrogen and oxygen atoms in total. The monoisotopic (exact) mass is 507 g/mol. The number of rotatable bonds is 9. The number of carbonyl (C=O) groups is 2. The summed E-state index contributed by atoms with van der Waals surface area (Å²) >= 11 is 8.44. The fourth-order valence-electron chi connectivity index (χ4n) is 2.47. The lowest BCUT2D eigenvalue weighted by atomic mass is 10.2. The van der Waals surface area contributed by atoms with Gasteiger partial charge in [0.15, 0.2) is 11.7 Å². The topological polar surface area (TPSA) is 88.7 Å². The Balaban J connectivity index is 1.81. The van der Waals surface area contributed by atoms with E-state index in [1.807, 2.05) is 24.3 Å². The maximum absolute atomic E-state index is 12.6. The second kappa shape index (κ2) is 12.9. The van der Waals surface area contributed by atoms with Crippen molar-refractivity contribution >= 4 is 45.1 Å². The number of thiocarbonyl (C=S) groups is 1. The molecule has 0 aliphatic heterocycles. The average molecular weight is 508 g/mol. The Bertz CT molecular complexity index is 906. The number of hydrogen-bond acceptors (Lipinski definition) is 5. The Morgan fingerprint density at radius 3 is 2.45 bits per heavy atom. The van der Waals surface area contributed by atoms with Crippen LogP contribution in [0.5, 0.6) is 11.5 Å². The van der Waals surface area contributed by atoms with E-state index in [-0.39, 0.29) is 11.7 Å². The molecule has 9 heteroatoms. The minimum atomic E-state index is -0.452. The molecule has 3 N–H and O–H groups in total. The molecule has 2 aromatic rings. The van der Waals surface area contributed by atoms with Crippen molar-refractivity contribution in [3.8, 4) is 11.5 Å². The molecule has 0 radical (unpaired) electrons. The van der Waals surface area contributed by atoms with Gasteiger partial charge >= 0.3 is 0 Å². The highest BCUT2D eigenvalue weighted by Crippen LogP contribution is 2.23. The number of benzene rings is 2. The molecule has 0 fully saturated rings. The molecule has 166 valence electrons. The van der Waals surface area contributed by atoms with Crippen molar-refractivity contribution < 1.29 is 19.1 Å². The van der Waals surface area contributed by atoms with Crippen molar-refractivity contribution in [3.63, 3.8) is 0 Å². The van der Waals surface area contributed by atoms with Crippen LogP contribution in [0.4, 0.5) is 0 Å². The van der Waals surface area contributed by atoms with E-state index in [4.69, 9.17) is 21.7 Å². The standard InChI is InChI=1S/C22H26BrN3O4S/c1-3-5-12-29-19-11-8-16(23)13-18(19)21(28)24-22(31)26-25-20(27)14-30-17-9-6-15(4-2)7-10-17/h6-11,13H,3-5,12,14H2,1-2H3,(H,25,27)(H2,24,26,28,31). The molecular formula is C22H26BrN3O4S. The van der Waals surface area contributed by atoms with E-state index < -0.39 is 11.8 Å². The second-order valence-corrected chi connectivity index (χ2v) is 7.91.